The third kappa shape index (κ3) is 2.92. The number of nitrogens with one attached hydrogen (secondary N) is 1. The second-order valence-electron chi connectivity index (χ2n) is 5.91. The van der Waals surface area contributed by atoms with E-state index in [4.69, 9.17) is 0 Å². The third-order valence-electron chi connectivity index (χ3n) is 4.20. The van der Waals surface area contributed by atoms with Crippen LogP contribution in [-0.2, 0) is 5.75 Å². The van der Waals surface area contributed by atoms with Gasteiger partial charge in [-0.05, 0) is 17.7 Å². The van der Waals surface area contributed by atoms with Crippen LogP contribution in [0.5, 0.6) is 0 Å². The van der Waals surface area contributed by atoms with Gasteiger partial charge in [-0.1, -0.05) is 48.2 Å². The first-order chi connectivity index (χ1) is 13.3. The molecule has 0 spiro atoms. The van der Waals surface area contributed by atoms with Gasteiger partial charge in [0.15, 0.2) is 10.8 Å². The standard InChI is InChI=1S/C19H13N5OS2/c25-17-16-13(12-6-2-1-3-7-12)10-26-18(16)21-14(20-17)11-27-19-23-22-15-8-4-5-9-24(15)19/h1-10H,11H2,(H,20,21,25). The number of hydrogen-bond acceptors (Lipinski definition) is 6. The van der Waals surface area contributed by atoms with Crippen LogP contribution in [0.25, 0.3) is 27.0 Å². The minimum atomic E-state index is -0.109. The molecule has 0 aliphatic carbocycles. The summed E-state index contributed by atoms with van der Waals surface area (Å²) in [4.78, 5) is 21.0. The zero-order valence-electron chi connectivity index (χ0n) is 14.0. The molecular weight excluding hydrogens is 378 g/mol. The number of H-pyrrole nitrogens is 1. The summed E-state index contributed by atoms with van der Waals surface area (Å²) in [6, 6.07) is 15.7. The van der Waals surface area contributed by atoms with Crippen molar-refractivity contribution >= 4 is 39.0 Å². The molecule has 0 saturated heterocycles. The molecule has 0 amide bonds. The Morgan fingerprint density at radius 1 is 1.07 bits per heavy atom. The van der Waals surface area contributed by atoms with Crippen LogP contribution in [0.15, 0.2) is 70.1 Å². The highest BCUT2D eigenvalue weighted by Gasteiger charge is 2.13. The number of nitrogens with zero attached hydrogens (tertiary/aromatic N) is 4. The van der Waals surface area contributed by atoms with Gasteiger partial charge in [-0.25, -0.2) is 4.98 Å². The Balaban J connectivity index is 1.48. The fourth-order valence-electron chi connectivity index (χ4n) is 2.94. The van der Waals surface area contributed by atoms with Crippen LogP contribution in [0.3, 0.4) is 0 Å². The highest BCUT2D eigenvalue weighted by molar-refractivity contribution is 7.98. The second kappa shape index (κ2) is 6.64. The number of aromatic nitrogens is 5. The number of hydrogen-bond donors (Lipinski definition) is 1. The number of rotatable bonds is 4. The Bertz CT molecular complexity index is 1310. The molecule has 5 aromatic rings. The zero-order chi connectivity index (χ0) is 18.2. The fourth-order valence-corrected chi connectivity index (χ4v) is 4.70. The normalized spacial score (nSPS) is 11.4. The molecule has 6 nitrogen and oxygen atoms in total. The van der Waals surface area contributed by atoms with E-state index in [1.54, 1.807) is 0 Å². The van der Waals surface area contributed by atoms with Gasteiger partial charge < -0.3 is 4.98 Å². The van der Waals surface area contributed by atoms with Crippen molar-refractivity contribution in [3.8, 4) is 11.1 Å². The number of aromatic amines is 1. The van der Waals surface area contributed by atoms with Crippen LogP contribution < -0.4 is 5.56 Å². The molecule has 0 atom stereocenters. The molecule has 0 aliphatic rings. The van der Waals surface area contributed by atoms with E-state index >= 15 is 0 Å². The maximum atomic E-state index is 12.7. The molecule has 1 N–H and O–H groups in total. The number of thioether (sulfide) groups is 1. The smallest absolute Gasteiger partial charge is 0.260 e. The summed E-state index contributed by atoms with van der Waals surface area (Å²) in [5, 5.41) is 11.7. The minimum absolute atomic E-state index is 0.109. The lowest BCUT2D eigenvalue weighted by Gasteiger charge is -2.02. The average Bonchev–Trinajstić information content (AvgIpc) is 3.31. The van der Waals surface area contributed by atoms with E-state index in [1.807, 2.05) is 64.5 Å². The van der Waals surface area contributed by atoms with Crippen molar-refractivity contribution in [2.24, 2.45) is 0 Å². The Kier molecular flexibility index (Phi) is 3.99. The zero-order valence-corrected chi connectivity index (χ0v) is 15.6. The van der Waals surface area contributed by atoms with Crippen molar-refractivity contribution in [1.82, 2.24) is 24.6 Å². The van der Waals surface area contributed by atoms with E-state index < -0.39 is 0 Å². The fraction of sp³-hybridized carbons (Fsp3) is 0.0526. The number of fused-ring (bicyclic) bond motifs is 2. The predicted octanol–water partition coefficient (Wildman–Crippen LogP) is 3.99. The summed E-state index contributed by atoms with van der Waals surface area (Å²) in [5.41, 5.74) is 2.63. The van der Waals surface area contributed by atoms with Crippen LogP contribution in [0, 0.1) is 0 Å². The van der Waals surface area contributed by atoms with E-state index in [0.29, 0.717) is 17.0 Å². The van der Waals surface area contributed by atoms with Crippen molar-refractivity contribution in [2.75, 3.05) is 0 Å². The molecule has 4 heterocycles. The molecule has 132 valence electrons. The van der Waals surface area contributed by atoms with Crippen molar-refractivity contribution in [3.63, 3.8) is 0 Å². The Hall–Kier alpha value is -2.97. The lowest BCUT2D eigenvalue weighted by molar-refractivity contribution is 0.917. The van der Waals surface area contributed by atoms with E-state index in [1.165, 1.54) is 23.1 Å². The first kappa shape index (κ1) is 16.2. The maximum Gasteiger partial charge on any atom is 0.260 e. The lowest BCUT2D eigenvalue weighted by atomic mass is 10.1. The molecule has 0 bridgehead atoms. The van der Waals surface area contributed by atoms with Gasteiger partial charge in [0.1, 0.15) is 10.7 Å². The second-order valence-corrected chi connectivity index (χ2v) is 7.71. The van der Waals surface area contributed by atoms with Gasteiger partial charge in [0.25, 0.3) is 5.56 Å². The van der Waals surface area contributed by atoms with Gasteiger partial charge in [-0.3, -0.25) is 9.20 Å². The van der Waals surface area contributed by atoms with E-state index in [-0.39, 0.29) is 5.56 Å². The van der Waals surface area contributed by atoms with Crippen LogP contribution in [0.4, 0.5) is 0 Å². The van der Waals surface area contributed by atoms with Crippen molar-refractivity contribution < 1.29 is 0 Å². The SMILES string of the molecule is O=c1[nH]c(CSc2nnc3ccccn23)nc2scc(-c3ccccc3)c12. The molecule has 5 rings (SSSR count). The van der Waals surface area contributed by atoms with Crippen LogP contribution in [0.2, 0.25) is 0 Å². The molecule has 0 fully saturated rings. The number of pyridine rings is 1. The maximum absolute atomic E-state index is 12.7. The van der Waals surface area contributed by atoms with Gasteiger partial charge in [0.05, 0.1) is 11.1 Å². The van der Waals surface area contributed by atoms with Gasteiger partial charge in [0, 0.05) is 17.1 Å². The highest BCUT2D eigenvalue weighted by atomic mass is 32.2. The predicted molar refractivity (Wildman–Crippen MR) is 108 cm³/mol. The molecule has 1 aromatic carbocycles. The van der Waals surface area contributed by atoms with E-state index in [9.17, 15) is 4.79 Å². The summed E-state index contributed by atoms with van der Waals surface area (Å²) in [6.45, 7) is 0. The lowest BCUT2D eigenvalue weighted by Crippen LogP contribution is -2.10. The van der Waals surface area contributed by atoms with Crippen molar-refractivity contribution in [1.29, 1.82) is 0 Å². The molecule has 27 heavy (non-hydrogen) atoms. The summed E-state index contributed by atoms with van der Waals surface area (Å²) in [7, 11) is 0. The Morgan fingerprint density at radius 3 is 2.81 bits per heavy atom. The molecule has 0 radical (unpaired) electrons. The van der Waals surface area contributed by atoms with Gasteiger partial charge in [-0.15, -0.1) is 21.5 Å². The number of thiophene rings is 1. The highest BCUT2D eigenvalue weighted by Crippen LogP contribution is 2.31. The summed E-state index contributed by atoms with van der Waals surface area (Å²) < 4.78 is 1.92. The summed E-state index contributed by atoms with van der Waals surface area (Å²) in [5.74, 6) is 1.14. The largest absolute Gasteiger partial charge is 0.309 e. The summed E-state index contributed by atoms with van der Waals surface area (Å²) in [6.07, 6.45) is 1.92. The average molecular weight is 391 g/mol. The van der Waals surface area contributed by atoms with E-state index in [0.717, 1.165) is 26.8 Å². The van der Waals surface area contributed by atoms with Crippen LogP contribution >= 0.6 is 23.1 Å². The molecule has 0 aliphatic heterocycles. The minimum Gasteiger partial charge on any atom is -0.309 e. The molecule has 0 saturated carbocycles. The Labute approximate surface area is 161 Å². The first-order valence-electron chi connectivity index (χ1n) is 8.28. The number of benzene rings is 1. The van der Waals surface area contributed by atoms with Gasteiger partial charge >= 0.3 is 0 Å². The molecule has 0 unspecified atom stereocenters. The van der Waals surface area contributed by atoms with Gasteiger partial charge in [0.2, 0.25) is 0 Å². The topological polar surface area (TPSA) is 75.9 Å². The molecule has 4 aromatic heterocycles. The quantitative estimate of drug-likeness (QED) is 0.469. The van der Waals surface area contributed by atoms with E-state index in [2.05, 4.69) is 20.2 Å². The summed E-state index contributed by atoms with van der Waals surface area (Å²) >= 11 is 2.98. The van der Waals surface area contributed by atoms with Crippen molar-refractivity contribution in [3.05, 3.63) is 76.3 Å². The van der Waals surface area contributed by atoms with Crippen LogP contribution in [-0.4, -0.2) is 24.6 Å². The molecule has 8 heteroatoms. The Morgan fingerprint density at radius 2 is 1.93 bits per heavy atom. The molecular formula is C19H13N5OS2. The third-order valence-corrected chi connectivity index (χ3v) is 6.02. The van der Waals surface area contributed by atoms with Crippen molar-refractivity contribution in [2.45, 2.75) is 10.9 Å². The monoisotopic (exact) mass is 391 g/mol. The first-order valence-corrected chi connectivity index (χ1v) is 10.1. The van der Waals surface area contributed by atoms with Crippen LogP contribution in [0.1, 0.15) is 5.82 Å². The van der Waals surface area contributed by atoms with Gasteiger partial charge in [-0.2, -0.15) is 0 Å².